The Morgan fingerprint density at radius 2 is 1.95 bits per heavy atom. The van der Waals surface area contributed by atoms with Crippen molar-refractivity contribution in [2.75, 3.05) is 6.54 Å². The van der Waals surface area contributed by atoms with E-state index in [0.29, 0.717) is 0 Å². The minimum atomic E-state index is -0.0653. The summed E-state index contributed by atoms with van der Waals surface area (Å²) in [6.07, 6.45) is 2.77. The van der Waals surface area contributed by atoms with Crippen LogP contribution in [0.4, 0.5) is 4.39 Å². The summed E-state index contributed by atoms with van der Waals surface area (Å²) >= 11 is 5.87. The number of hydrogen-bond acceptors (Lipinski definition) is 1. The molecule has 2 aromatic carbocycles. The molecule has 0 aliphatic heterocycles. The van der Waals surface area contributed by atoms with E-state index in [1.807, 2.05) is 30.3 Å². The maximum Gasteiger partial charge on any atom is 0.126 e. The lowest BCUT2D eigenvalue weighted by molar-refractivity contribution is 0.533. The van der Waals surface area contributed by atoms with Crippen molar-refractivity contribution < 1.29 is 4.39 Å². The summed E-state index contributed by atoms with van der Waals surface area (Å²) in [6.45, 7) is 0.891. The molecule has 1 atom stereocenters. The predicted molar refractivity (Wildman–Crippen MR) is 80.6 cm³/mol. The molecule has 1 nitrogen and oxygen atoms in total. The number of benzene rings is 2. The van der Waals surface area contributed by atoms with E-state index in [9.17, 15) is 4.39 Å². The zero-order valence-electron chi connectivity index (χ0n) is 11.2. The highest BCUT2D eigenvalue weighted by Gasteiger charge is 2.23. The second-order valence-electron chi connectivity index (χ2n) is 5.23. The molecule has 0 saturated heterocycles. The van der Waals surface area contributed by atoms with Crippen LogP contribution in [0.15, 0.2) is 42.5 Å². The van der Waals surface area contributed by atoms with Crippen LogP contribution in [-0.4, -0.2) is 6.54 Å². The molecule has 0 radical (unpaired) electrons. The van der Waals surface area contributed by atoms with Gasteiger partial charge >= 0.3 is 0 Å². The van der Waals surface area contributed by atoms with E-state index in [0.717, 1.165) is 42.0 Å². The molecule has 0 heterocycles. The molecular formula is C17H17ClFN. The third-order valence-corrected chi connectivity index (χ3v) is 4.18. The summed E-state index contributed by atoms with van der Waals surface area (Å²) < 4.78 is 13.6. The van der Waals surface area contributed by atoms with Gasteiger partial charge in [-0.25, -0.2) is 4.39 Å². The highest BCUT2D eigenvalue weighted by Crippen LogP contribution is 2.32. The average molecular weight is 290 g/mol. The van der Waals surface area contributed by atoms with Crippen molar-refractivity contribution in [2.24, 2.45) is 0 Å². The molecule has 1 unspecified atom stereocenters. The van der Waals surface area contributed by atoms with Gasteiger partial charge in [0, 0.05) is 11.1 Å². The molecule has 1 N–H and O–H groups in total. The topological polar surface area (TPSA) is 12.0 Å². The first kappa shape index (κ1) is 13.6. The fraction of sp³-hybridized carbons (Fsp3) is 0.294. The van der Waals surface area contributed by atoms with Crippen molar-refractivity contribution in [1.82, 2.24) is 5.32 Å². The normalized spacial score (nSPS) is 17.2. The Morgan fingerprint density at radius 3 is 2.75 bits per heavy atom. The average Bonchev–Trinajstić information content (AvgIpc) is 2.86. The summed E-state index contributed by atoms with van der Waals surface area (Å²) in [4.78, 5) is 0. The first-order valence-electron chi connectivity index (χ1n) is 6.99. The third-order valence-electron chi connectivity index (χ3n) is 3.93. The maximum atomic E-state index is 13.6. The first-order valence-corrected chi connectivity index (χ1v) is 7.37. The monoisotopic (exact) mass is 289 g/mol. The molecule has 1 aliphatic rings. The molecule has 0 fully saturated rings. The highest BCUT2D eigenvalue weighted by atomic mass is 35.5. The van der Waals surface area contributed by atoms with Gasteiger partial charge < -0.3 is 5.32 Å². The Balaban J connectivity index is 1.58. The van der Waals surface area contributed by atoms with Gasteiger partial charge in [0.15, 0.2) is 0 Å². The lowest BCUT2D eigenvalue weighted by Crippen LogP contribution is -2.21. The van der Waals surface area contributed by atoms with Gasteiger partial charge in [-0.2, -0.15) is 0 Å². The van der Waals surface area contributed by atoms with Gasteiger partial charge in [-0.3, -0.25) is 0 Å². The number of halogens is 2. The highest BCUT2D eigenvalue weighted by molar-refractivity contribution is 6.30. The van der Waals surface area contributed by atoms with Crippen LogP contribution in [0.1, 0.15) is 29.2 Å². The van der Waals surface area contributed by atoms with Crippen molar-refractivity contribution in [3.8, 4) is 0 Å². The van der Waals surface area contributed by atoms with E-state index in [4.69, 9.17) is 11.6 Å². The minimum Gasteiger partial charge on any atom is -0.310 e. The summed E-state index contributed by atoms with van der Waals surface area (Å²) in [5.41, 5.74) is 3.27. The largest absolute Gasteiger partial charge is 0.310 e. The van der Waals surface area contributed by atoms with Crippen molar-refractivity contribution in [2.45, 2.75) is 25.3 Å². The van der Waals surface area contributed by atoms with Gasteiger partial charge in [-0.15, -0.1) is 0 Å². The Hall–Kier alpha value is -1.38. The van der Waals surface area contributed by atoms with E-state index in [1.165, 1.54) is 5.56 Å². The van der Waals surface area contributed by atoms with Crippen LogP contribution in [0.2, 0.25) is 5.02 Å². The van der Waals surface area contributed by atoms with Crippen LogP contribution in [0.25, 0.3) is 0 Å². The molecule has 0 bridgehead atoms. The van der Waals surface area contributed by atoms with E-state index in [2.05, 4.69) is 5.32 Å². The Kier molecular flexibility index (Phi) is 4.04. The second-order valence-corrected chi connectivity index (χ2v) is 5.67. The van der Waals surface area contributed by atoms with Crippen molar-refractivity contribution in [3.05, 3.63) is 70.0 Å². The maximum absolute atomic E-state index is 13.6. The number of fused-ring (bicyclic) bond motifs is 1. The van der Waals surface area contributed by atoms with E-state index in [1.54, 1.807) is 12.1 Å². The smallest absolute Gasteiger partial charge is 0.126 e. The lowest BCUT2D eigenvalue weighted by Gasteiger charge is -2.14. The molecule has 3 heteroatoms. The molecule has 2 aromatic rings. The molecule has 0 amide bonds. The van der Waals surface area contributed by atoms with Crippen LogP contribution in [0, 0.1) is 5.82 Å². The van der Waals surface area contributed by atoms with Crippen molar-refractivity contribution in [1.29, 1.82) is 0 Å². The quantitative estimate of drug-likeness (QED) is 0.885. The van der Waals surface area contributed by atoms with Crippen LogP contribution in [0.3, 0.4) is 0 Å². The number of nitrogens with one attached hydrogen (secondary N) is 1. The molecule has 0 spiro atoms. The molecule has 1 aliphatic carbocycles. The first-order chi connectivity index (χ1) is 9.74. The molecule has 0 saturated carbocycles. The molecule has 0 aromatic heterocycles. The number of hydrogen-bond donors (Lipinski definition) is 1. The van der Waals surface area contributed by atoms with E-state index >= 15 is 0 Å². The molecule has 3 rings (SSSR count). The Labute approximate surface area is 123 Å². The lowest BCUT2D eigenvalue weighted by atomic mass is 10.1. The van der Waals surface area contributed by atoms with Gasteiger partial charge in [-0.1, -0.05) is 35.9 Å². The summed E-state index contributed by atoms with van der Waals surface area (Å²) in [5, 5.41) is 4.29. The fourth-order valence-corrected chi connectivity index (χ4v) is 2.99. The standard InChI is InChI=1S/C17H17ClFN/c18-13-6-4-12(5-7-13)10-11-20-17-9-8-14-15(17)2-1-3-16(14)19/h1-7,17,20H,8-11H2. The third kappa shape index (κ3) is 2.87. The van der Waals surface area contributed by atoms with Crippen LogP contribution >= 0.6 is 11.6 Å². The summed E-state index contributed by atoms with van der Waals surface area (Å²) in [6, 6.07) is 13.6. The molecular weight excluding hydrogens is 273 g/mol. The zero-order valence-corrected chi connectivity index (χ0v) is 12.0. The number of rotatable bonds is 4. The van der Waals surface area contributed by atoms with E-state index < -0.39 is 0 Å². The van der Waals surface area contributed by atoms with E-state index in [-0.39, 0.29) is 11.9 Å². The Morgan fingerprint density at radius 1 is 1.15 bits per heavy atom. The van der Waals surface area contributed by atoms with Crippen LogP contribution in [0.5, 0.6) is 0 Å². The fourth-order valence-electron chi connectivity index (χ4n) is 2.86. The zero-order chi connectivity index (χ0) is 13.9. The van der Waals surface area contributed by atoms with Gasteiger partial charge in [0.05, 0.1) is 0 Å². The van der Waals surface area contributed by atoms with Gasteiger partial charge in [-0.05, 0) is 60.7 Å². The van der Waals surface area contributed by atoms with Crippen LogP contribution < -0.4 is 5.32 Å². The van der Waals surface area contributed by atoms with Crippen LogP contribution in [-0.2, 0) is 12.8 Å². The van der Waals surface area contributed by atoms with Crippen molar-refractivity contribution in [3.63, 3.8) is 0 Å². The van der Waals surface area contributed by atoms with Gasteiger partial charge in [0.25, 0.3) is 0 Å². The molecule has 20 heavy (non-hydrogen) atoms. The second kappa shape index (κ2) is 5.94. The minimum absolute atomic E-state index is 0.0653. The van der Waals surface area contributed by atoms with Gasteiger partial charge in [0.1, 0.15) is 5.82 Å². The van der Waals surface area contributed by atoms with Crippen molar-refractivity contribution >= 4 is 11.6 Å². The Bertz CT molecular complexity index is 594. The van der Waals surface area contributed by atoms with Gasteiger partial charge in [0.2, 0.25) is 0 Å². The summed E-state index contributed by atoms with van der Waals surface area (Å²) in [5.74, 6) is -0.0653. The predicted octanol–water partition coefficient (Wildman–Crippen LogP) is 4.30. The molecule has 104 valence electrons. The summed E-state index contributed by atoms with van der Waals surface area (Å²) in [7, 11) is 0. The SMILES string of the molecule is Fc1cccc2c1CCC2NCCc1ccc(Cl)cc1.